The average Bonchev–Trinajstić information content (AvgIpc) is 1.55. The number of aromatic nitrogens is 3. The van der Waals surface area contributed by atoms with Crippen LogP contribution in [0.4, 0.5) is 0 Å². The predicted molar refractivity (Wildman–Crippen MR) is 444 cm³/mol. The molecule has 6 aromatic carbocycles. The van der Waals surface area contributed by atoms with Crippen LogP contribution in [-0.4, -0.2) is 229 Å². The zero-order chi connectivity index (χ0) is 87.4. The van der Waals surface area contributed by atoms with E-state index in [1.54, 1.807) is 105 Å². The van der Waals surface area contributed by atoms with E-state index in [-0.39, 0.29) is 95.1 Å². The van der Waals surface area contributed by atoms with Gasteiger partial charge < -0.3 is 105 Å². The van der Waals surface area contributed by atoms with Crippen LogP contribution < -0.4 is 70.4 Å². The number of rotatable bonds is 29. The van der Waals surface area contributed by atoms with Crippen molar-refractivity contribution in [2.75, 3.05) is 26.3 Å². The number of benzene rings is 6. The number of aliphatic hydroxyl groups excluding tert-OH is 3. The number of hydrogen-bond acceptors (Lipinski definition) is 22. The molecular formula is C87H109N17O18. The van der Waals surface area contributed by atoms with Crippen LogP contribution in [0.25, 0.3) is 11.1 Å². The van der Waals surface area contributed by atoms with Crippen molar-refractivity contribution in [1.29, 1.82) is 0 Å². The van der Waals surface area contributed by atoms with Gasteiger partial charge in [0.15, 0.2) is 6.29 Å². The molecule has 10 rings (SSSR count). The lowest BCUT2D eigenvalue weighted by molar-refractivity contribution is -0.271. The van der Waals surface area contributed by atoms with E-state index in [9.17, 15) is 34.8 Å². The van der Waals surface area contributed by atoms with Gasteiger partial charge in [-0.2, -0.15) is 0 Å². The summed E-state index contributed by atoms with van der Waals surface area (Å²) in [6.45, 7) is 2.87. The van der Waals surface area contributed by atoms with Crippen LogP contribution in [0.1, 0.15) is 98.7 Å². The van der Waals surface area contributed by atoms with E-state index in [0.29, 0.717) is 28.7 Å². The molecule has 3 saturated heterocycles. The van der Waals surface area contributed by atoms with Gasteiger partial charge in [0, 0.05) is 57.8 Å². The zero-order valence-electron chi connectivity index (χ0n) is 67.9. The number of primary amides is 2. The van der Waals surface area contributed by atoms with Crippen LogP contribution in [0, 0.1) is 5.92 Å². The van der Waals surface area contributed by atoms with Crippen LogP contribution in [0.2, 0.25) is 0 Å². The van der Waals surface area contributed by atoms with Gasteiger partial charge in [-0.05, 0) is 102 Å². The molecule has 0 bridgehead atoms. The first-order valence-corrected chi connectivity index (χ1v) is 40.9. The number of fused-ring (bicyclic) bond motifs is 1. The van der Waals surface area contributed by atoms with E-state index >= 15 is 43.2 Å². The number of nitrogens with one attached hydrogen (secondary N) is 10. The highest BCUT2D eigenvalue weighted by molar-refractivity contribution is 6.01. The maximum atomic E-state index is 15.5. The summed E-state index contributed by atoms with van der Waals surface area (Å²) in [5.74, 6) is -12.2. The fourth-order valence-electron chi connectivity index (χ4n) is 14.8. The highest BCUT2D eigenvalue weighted by atomic mass is 16.7. The van der Waals surface area contributed by atoms with E-state index < -0.39 is 201 Å². The van der Waals surface area contributed by atoms with Crippen molar-refractivity contribution in [3.8, 4) is 16.9 Å². The van der Waals surface area contributed by atoms with E-state index in [0.717, 1.165) is 16.7 Å². The van der Waals surface area contributed by atoms with Crippen LogP contribution in [0.5, 0.6) is 5.75 Å². The summed E-state index contributed by atoms with van der Waals surface area (Å²) >= 11 is 0. The largest absolute Gasteiger partial charge is 0.508 e. The number of phenols is 1. The molecule has 20 N–H and O–H groups in total. The SMILES string of the molecule is CC(C)C[C@@H]1NC(=O)[C@H](CCCN)NC(=O)[C@H](Cc2cn(CCO[C@@H]3O[C@H](CO)[C@@H](O)[C@H](O)[C@H]3NCc3ccc(-c4ccccc4)cc3)nn2)NC(=O)[C@H](Cc2ccc(O)cc2)NC(=O)[C@H](CCC(N)=O)NC(=O)[C@H](CC(N)=O)NC(=O)[C@@H](Cc2ccccc2)NC(=O)[C@H](Cc2ccccc2)NC(=O)[C@@H]2CCCN2C(=O)[C@@H](Cc2ccccc2)NC1=O. The second kappa shape index (κ2) is 45.3. The van der Waals surface area contributed by atoms with Crippen molar-refractivity contribution >= 4 is 70.9 Å². The molecule has 3 aliphatic heterocycles. The molecule has 35 nitrogen and oxygen atoms in total. The molecule has 35 heteroatoms. The Hall–Kier alpha value is -12.4. The molecular weight excluding hydrogens is 1570 g/mol. The van der Waals surface area contributed by atoms with Crippen LogP contribution >= 0.6 is 0 Å². The Bertz CT molecular complexity index is 4670. The molecule has 0 spiro atoms. The summed E-state index contributed by atoms with van der Waals surface area (Å²) in [6, 6.07) is 31.7. The van der Waals surface area contributed by atoms with Gasteiger partial charge in [0.25, 0.3) is 0 Å². The average molecular weight is 1680 g/mol. The number of nitrogens with two attached hydrogens (primary N) is 3. The van der Waals surface area contributed by atoms with E-state index in [4.69, 9.17) is 26.7 Å². The number of nitrogens with zero attached hydrogens (tertiary/aromatic N) is 4. The Morgan fingerprint density at radius 3 is 1.49 bits per heavy atom. The van der Waals surface area contributed by atoms with Crippen molar-refractivity contribution in [1.82, 2.24) is 73.1 Å². The first-order valence-electron chi connectivity index (χ1n) is 40.9. The number of aromatic hydroxyl groups is 1. The Labute approximate surface area is 705 Å². The fourth-order valence-corrected chi connectivity index (χ4v) is 14.8. The summed E-state index contributed by atoms with van der Waals surface area (Å²) in [5, 5.41) is 79.2. The number of ether oxygens (including phenoxy) is 2. The Morgan fingerprint density at radius 1 is 0.525 bits per heavy atom. The summed E-state index contributed by atoms with van der Waals surface area (Å²) < 4.78 is 13.5. The molecule has 0 unspecified atom stereocenters. The molecule has 122 heavy (non-hydrogen) atoms. The van der Waals surface area contributed by atoms with Gasteiger partial charge in [-0.1, -0.05) is 177 Å². The monoisotopic (exact) mass is 1680 g/mol. The molecule has 3 aliphatic rings. The molecule has 0 aliphatic carbocycles. The normalized spacial score (nSPS) is 24.7. The molecule has 1 aromatic heterocycles. The lowest BCUT2D eigenvalue weighted by Gasteiger charge is -2.42. The number of carbonyl (C=O) groups excluding carboxylic acids is 12. The first kappa shape index (κ1) is 91.9. The third-order valence-corrected chi connectivity index (χ3v) is 21.3. The highest BCUT2D eigenvalue weighted by Crippen LogP contribution is 2.26. The Balaban J connectivity index is 0.997. The molecule has 0 radical (unpaired) electrons. The molecule has 7 aromatic rings. The number of phenolic OH excluding ortho intramolecular Hbond substituents is 1. The van der Waals surface area contributed by atoms with E-state index in [1.807, 2.05) is 54.6 Å². The maximum absolute atomic E-state index is 15.5. The molecule has 650 valence electrons. The van der Waals surface area contributed by atoms with Gasteiger partial charge >= 0.3 is 0 Å². The summed E-state index contributed by atoms with van der Waals surface area (Å²) in [7, 11) is 0. The second-order valence-electron chi connectivity index (χ2n) is 31.1. The molecule has 0 saturated carbocycles. The number of amides is 12. The topological polar surface area (TPSA) is 537 Å². The van der Waals surface area contributed by atoms with Crippen molar-refractivity contribution in [2.45, 2.75) is 201 Å². The van der Waals surface area contributed by atoms with Gasteiger partial charge in [-0.15, -0.1) is 5.10 Å². The number of carbonyl (C=O) groups is 12. The van der Waals surface area contributed by atoms with Gasteiger partial charge in [-0.25, -0.2) is 4.68 Å². The van der Waals surface area contributed by atoms with Crippen molar-refractivity contribution < 1.29 is 87.4 Å². The first-order chi connectivity index (χ1) is 58.7. The second-order valence-corrected chi connectivity index (χ2v) is 31.1. The van der Waals surface area contributed by atoms with Crippen molar-refractivity contribution in [3.05, 3.63) is 210 Å². The quantitative estimate of drug-likeness (QED) is 0.0269. The summed E-state index contributed by atoms with van der Waals surface area (Å²) in [5.41, 5.74) is 22.3. The minimum Gasteiger partial charge on any atom is -0.508 e. The van der Waals surface area contributed by atoms with Crippen LogP contribution in [0.3, 0.4) is 0 Å². The molecule has 4 heterocycles. The third-order valence-electron chi connectivity index (χ3n) is 21.3. The maximum Gasteiger partial charge on any atom is 0.246 e. The van der Waals surface area contributed by atoms with Crippen molar-refractivity contribution in [2.24, 2.45) is 23.1 Å². The number of hydrogen-bond donors (Lipinski definition) is 17. The summed E-state index contributed by atoms with van der Waals surface area (Å²) in [6.07, 6.45) is -7.25. The fraction of sp³-hybridized carbons (Fsp3) is 0.425. The standard InChI is InChI=1S/C87H109N17O18/c1-51(2)41-63-79(113)100-69(45-54-21-11-5-12-22-54)86(120)104-38-16-26-70(104)85(119)99-66(43-53-19-9-4-10-20-53)82(116)96-64(42-52-17-7-3-8-18-52)81(115)98-68(47-73(90)108)84(118)93-62(35-36-72(89)107)78(112)95-65(44-55-29-33-60(106)34-30-55)80(114)97-67(83(117)92-61(25-15-37-88)77(111)94-63)46-59-49-103(102-101-59)39-40-121-87-74(76(110)75(109)71(50-105)122-87)91-48-56-27-31-58(32-28-56)57-23-13-6-14-24-57/h3-14,17-24,27-34,49,51,61-71,74-76,87,91,105-106,109-110H,15-16,25-26,35-48,50,88H2,1-2H3,(H2,89,107)(H2,90,108)(H,92,117)(H,93,118)(H,94,111)(H,95,112)(H,96,116)(H,97,114)(H,98,115)(H,99,119)(H,100,113)/t61-,62-,63-,64+,65-,66-,67-,68-,69+,70-,71+,74+,75+,76+,87+/m0/s1. The van der Waals surface area contributed by atoms with Gasteiger partial charge in [-0.3, -0.25) is 57.5 Å². The van der Waals surface area contributed by atoms with E-state index in [2.05, 4.69) is 63.5 Å². The lowest BCUT2D eigenvalue weighted by Crippen LogP contribution is -2.63. The Morgan fingerprint density at radius 2 is 0.967 bits per heavy atom. The smallest absolute Gasteiger partial charge is 0.246 e. The number of aliphatic hydroxyl groups is 3. The minimum absolute atomic E-state index is 0.00402. The Kier molecular flexibility index (Phi) is 34.1. The van der Waals surface area contributed by atoms with Gasteiger partial charge in [0.1, 0.15) is 84.5 Å². The molecule has 15 atom stereocenters. The summed E-state index contributed by atoms with van der Waals surface area (Å²) in [4.78, 5) is 179. The van der Waals surface area contributed by atoms with Gasteiger partial charge in [0.05, 0.1) is 37.9 Å². The van der Waals surface area contributed by atoms with Crippen LogP contribution in [0.15, 0.2) is 176 Å². The van der Waals surface area contributed by atoms with Crippen LogP contribution in [-0.2, 0) is 112 Å². The lowest BCUT2D eigenvalue weighted by atomic mass is 9.96. The molecule has 3 fully saturated rings. The highest BCUT2D eigenvalue weighted by Gasteiger charge is 2.46. The third kappa shape index (κ3) is 27.1. The van der Waals surface area contributed by atoms with Gasteiger partial charge in [0.2, 0.25) is 70.9 Å². The van der Waals surface area contributed by atoms with E-state index in [1.165, 1.54) is 40.0 Å². The van der Waals surface area contributed by atoms with Crippen molar-refractivity contribution in [3.63, 3.8) is 0 Å². The predicted octanol–water partition coefficient (Wildman–Crippen LogP) is -0.928. The zero-order valence-corrected chi connectivity index (χ0v) is 67.9. The molecule has 12 amide bonds. The minimum atomic E-state index is -1.93.